The fourth-order valence-corrected chi connectivity index (χ4v) is 2.94. The molecule has 4 heteroatoms. The molecular formula is C9H10N2S2. The summed E-state index contributed by atoms with van der Waals surface area (Å²) < 4.78 is 0. The van der Waals surface area contributed by atoms with Crippen LogP contribution in [0.5, 0.6) is 0 Å². The van der Waals surface area contributed by atoms with E-state index in [0.717, 1.165) is 16.4 Å². The van der Waals surface area contributed by atoms with Crippen LogP contribution in [0.4, 0.5) is 0 Å². The molecule has 0 atom stereocenters. The van der Waals surface area contributed by atoms with Crippen molar-refractivity contribution in [1.82, 2.24) is 9.97 Å². The molecule has 0 radical (unpaired) electrons. The normalized spacial score (nSPS) is 10.7. The van der Waals surface area contributed by atoms with Crippen LogP contribution in [0, 0.1) is 20.8 Å². The number of nitrogens with zero attached hydrogens (tertiary/aromatic N) is 2. The van der Waals surface area contributed by atoms with E-state index in [1.807, 2.05) is 19.4 Å². The summed E-state index contributed by atoms with van der Waals surface area (Å²) in [6.45, 7) is 6.18. The van der Waals surface area contributed by atoms with Crippen LogP contribution in [-0.4, -0.2) is 9.97 Å². The minimum atomic E-state index is 1.08. The van der Waals surface area contributed by atoms with Crippen molar-refractivity contribution in [2.75, 3.05) is 0 Å². The first-order valence-corrected chi connectivity index (χ1v) is 5.72. The summed E-state index contributed by atoms with van der Waals surface area (Å²) in [5.41, 5.74) is 4.09. The molecule has 2 heterocycles. The molecule has 0 amide bonds. The number of thiazole rings is 2. The zero-order valence-electron chi connectivity index (χ0n) is 7.79. The second-order valence-electron chi connectivity index (χ2n) is 2.93. The predicted octanol–water partition coefficient (Wildman–Crippen LogP) is 3.19. The van der Waals surface area contributed by atoms with Crippen molar-refractivity contribution >= 4 is 22.7 Å². The molecule has 0 bridgehead atoms. The van der Waals surface area contributed by atoms with Crippen molar-refractivity contribution in [3.63, 3.8) is 0 Å². The quantitative estimate of drug-likeness (QED) is 0.722. The molecule has 0 aromatic carbocycles. The minimum absolute atomic E-state index is 1.08. The Morgan fingerprint density at radius 3 is 2.38 bits per heavy atom. The summed E-state index contributed by atoms with van der Waals surface area (Å²) in [6, 6.07) is 0. The first-order valence-electron chi connectivity index (χ1n) is 4.03. The highest BCUT2D eigenvalue weighted by Gasteiger charge is 2.10. The highest BCUT2D eigenvalue weighted by molar-refractivity contribution is 7.21. The van der Waals surface area contributed by atoms with Crippen LogP contribution in [0.15, 0.2) is 5.51 Å². The van der Waals surface area contributed by atoms with E-state index in [0.29, 0.717) is 0 Å². The molecule has 2 rings (SSSR count). The van der Waals surface area contributed by atoms with Crippen LogP contribution in [0.1, 0.15) is 16.3 Å². The molecule has 2 nitrogen and oxygen atoms in total. The smallest absolute Gasteiger partial charge is 0.135 e. The van der Waals surface area contributed by atoms with Crippen molar-refractivity contribution in [1.29, 1.82) is 0 Å². The summed E-state index contributed by atoms with van der Waals surface area (Å²) in [5.74, 6) is 0. The zero-order chi connectivity index (χ0) is 9.42. The predicted molar refractivity (Wildman–Crippen MR) is 57.4 cm³/mol. The van der Waals surface area contributed by atoms with Crippen LogP contribution in [0.3, 0.4) is 0 Å². The van der Waals surface area contributed by atoms with Gasteiger partial charge < -0.3 is 0 Å². The van der Waals surface area contributed by atoms with Gasteiger partial charge in [0, 0.05) is 4.88 Å². The van der Waals surface area contributed by atoms with Gasteiger partial charge in [-0.05, 0) is 20.8 Å². The second kappa shape index (κ2) is 3.20. The van der Waals surface area contributed by atoms with Gasteiger partial charge in [0.05, 0.1) is 21.8 Å². The maximum atomic E-state index is 4.50. The lowest BCUT2D eigenvalue weighted by Crippen LogP contribution is -1.77. The van der Waals surface area contributed by atoms with Gasteiger partial charge >= 0.3 is 0 Å². The minimum Gasteiger partial charge on any atom is -0.249 e. The van der Waals surface area contributed by atoms with Gasteiger partial charge in [0.15, 0.2) is 0 Å². The molecular weight excluding hydrogens is 200 g/mol. The van der Waals surface area contributed by atoms with Gasteiger partial charge in [0.25, 0.3) is 0 Å². The summed E-state index contributed by atoms with van der Waals surface area (Å²) in [5, 5.41) is 1.11. The lowest BCUT2D eigenvalue weighted by atomic mass is 10.4. The van der Waals surface area contributed by atoms with Gasteiger partial charge in [-0.15, -0.1) is 22.7 Å². The maximum absolute atomic E-state index is 4.50. The Kier molecular flexibility index (Phi) is 2.17. The third kappa shape index (κ3) is 1.51. The van der Waals surface area contributed by atoms with E-state index in [2.05, 4.69) is 16.9 Å². The number of aryl methyl sites for hydroxylation is 3. The standard InChI is InChI=1S/C9H10N2S2/c1-5-7(3)13-9(11-5)8-6(2)10-4-12-8/h4H,1-3H3. The van der Waals surface area contributed by atoms with Gasteiger partial charge in [-0.1, -0.05) is 0 Å². The number of hydrogen-bond acceptors (Lipinski definition) is 4. The van der Waals surface area contributed by atoms with E-state index >= 15 is 0 Å². The van der Waals surface area contributed by atoms with Crippen molar-refractivity contribution in [3.8, 4) is 9.88 Å². The second-order valence-corrected chi connectivity index (χ2v) is 4.99. The van der Waals surface area contributed by atoms with Gasteiger partial charge in [-0.2, -0.15) is 0 Å². The Morgan fingerprint density at radius 1 is 1.15 bits per heavy atom. The molecule has 0 fully saturated rings. The Bertz CT molecular complexity index is 409. The lowest BCUT2D eigenvalue weighted by Gasteiger charge is -1.89. The molecule has 0 aliphatic rings. The van der Waals surface area contributed by atoms with E-state index in [1.54, 1.807) is 22.7 Å². The van der Waals surface area contributed by atoms with Gasteiger partial charge in [-0.25, -0.2) is 9.97 Å². The molecule has 0 aliphatic heterocycles. The van der Waals surface area contributed by atoms with Crippen molar-refractivity contribution in [2.45, 2.75) is 20.8 Å². The third-order valence-corrected chi connectivity index (χ3v) is 4.12. The molecule has 0 N–H and O–H groups in total. The number of aromatic nitrogens is 2. The van der Waals surface area contributed by atoms with Crippen molar-refractivity contribution in [2.24, 2.45) is 0 Å². The molecule has 68 valence electrons. The number of rotatable bonds is 1. The monoisotopic (exact) mass is 210 g/mol. The van der Waals surface area contributed by atoms with Crippen LogP contribution in [0.25, 0.3) is 9.88 Å². The van der Waals surface area contributed by atoms with Crippen LogP contribution in [-0.2, 0) is 0 Å². The summed E-state index contributed by atoms with van der Waals surface area (Å²) in [4.78, 5) is 11.2. The van der Waals surface area contributed by atoms with E-state index in [-0.39, 0.29) is 0 Å². The largest absolute Gasteiger partial charge is 0.249 e. The van der Waals surface area contributed by atoms with E-state index in [4.69, 9.17) is 0 Å². The first-order chi connectivity index (χ1) is 6.18. The van der Waals surface area contributed by atoms with Crippen molar-refractivity contribution in [3.05, 3.63) is 21.8 Å². The molecule has 13 heavy (non-hydrogen) atoms. The van der Waals surface area contributed by atoms with Crippen molar-refractivity contribution < 1.29 is 0 Å². The van der Waals surface area contributed by atoms with Gasteiger partial charge in [0.2, 0.25) is 0 Å². The maximum Gasteiger partial charge on any atom is 0.135 e. The van der Waals surface area contributed by atoms with Gasteiger partial charge in [0.1, 0.15) is 5.01 Å². The molecule has 0 unspecified atom stereocenters. The van der Waals surface area contributed by atoms with Crippen LogP contribution < -0.4 is 0 Å². The Labute approximate surface area is 85.3 Å². The highest BCUT2D eigenvalue weighted by atomic mass is 32.1. The molecule has 0 saturated carbocycles. The van der Waals surface area contributed by atoms with E-state index in [9.17, 15) is 0 Å². The molecule has 0 saturated heterocycles. The summed E-state index contributed by atoms with van der Waals surface area (Å²) in [7, 11) is 0. The zero-order valence-corrected chi connectivity index (χ0v) is 9.42. The molecule has 0 aliphatic carbocycles. The van der Waals surface area contributed by atoms with E-state index < -0.39 is 0 Å². The van der Waals surface area contributed by atoms with Crippen LogP contribution in [0.2, 0.25) is 0 Å². The van der Waals surface area contributed by atoms with Gasteiger partial charge in [-0.3, -0.25) is 0 Å². The fourth-order valence-electron chi connectivity index (χ4n) is 1.08. The first kappa shape index (κ1) is 8.84. The summed E-state index contributed by atoms with van der Waals surface area (Å²) in [6.07, 6.45) is 0. The SMILES string of the molecule is Cc1nc(-c2scnc2C)sc1C. The highest BCUT2D eigenvalue weighted by Crippen LogP contribution is 2.31. The Hall–Kier alpha value is -0.740. The molecule has 2 aromatic rings. The Morgan fingerprint density at radius 2 is 1.92 bits per heavy atom. The number of hydrogen-bond donors (Lipinski definition) is 0. The summed E-state index contributed by atoms with van der Waals surface area (Å²) >= 11 is 3.41. The average molecular weight is 210 g/mol. The average Bonchev–Trinajstić information content (AvgIpc) is 2.60. The lowest BCUT2D eigenvalue weighted by molar-refractivity contribution is 1.22. The molecule has 0 spiro atoms. The third-order valence-electron chi connectivity index (χ3n) is 1.97. The fraction of sp³-hybridized carbons (Fsp3) is 0.333. The molecule has 2 aromatic heterocycles. The van der Waals surface area contributed by atoms with E-state index in [1.165, 1.54) is 9.75 Å². The topological polar surface area (TPSA) is 25.8 Å². The van der Waals surface area contributed by atoms with Crippen LogP contribution >= 0.6 is 22.7 Å². The Balaban J connectivity index is 2.53.